The molecular formula is C14H15N3. The second-order valence-corrected chi connectivity index (χ2v) is 4.42. The summed E-state index contributed by atoms with van der Waals surface area (Å²) in [5, 5.41) is 0. The fraction of sp³-hybridized carbons (Fsp3) is 0.214. The predicted molar refractivity (Wildman–Crippen MR) is 70.8 cm³/mol. The zero-order valence-corrected chi connectivity index (χ0v) is 10.1. The minimum absolute atomic E-state index is 0.881. The van der Waals surface area contributed by atoms with Gasteiger partial charge in [0.1, 0.15) is 0 Å². The van der Waals surface area contributed by atoms with Crippen molar-refractivity contribution in [2.75, 3.05) is 23.5 Å². The molecule has 2 heterocycles. The number of fused-ring (bicyclic) bond motifs is 1. The van der Waals surface area contributed by atoms with Gasteiger partial charge < -0.3 is 9.80 Å². The SMILES string of the molecule is Cc1ccncc1N1CN(C)c2ccccc21. The second kappa shape index (κ2) is 3.77. The van der Waals surface area contributed by atoms with Crippen molar-refractivity contribution in [2.45, 2.75) is 6.92 Å². The van der Waals surface area contributed by atoms with E-state index in [1.807, 2.05) is 12.4 Å². The smallest absolute Gasteiger partial charge is 0.0950 e. The summed E-state index contributed by atoms with van der Waals surface area (Å²) in [4.78, 5) is 8.78. The predicted octanol–water partition coefficient (Wildman–Crippen LogP) is 2.94. The molecule has 0 atom stereocenters. The van der Waals surface area contributed by atoms with Crippen LogP contribution in [0.1, 0.15) is 5.56 Å². The summed E-state index contributed by atoms with van der Waals surface area (Å²) >= 11 is 0. The molecule has 0 unspecified atom stereocenters. The summed E-state index contributed by atoms with van der Waals surface area (Å²) in [6.07, 6.45) is 3.77. The molecule has 0 saturated carbocycles. The maximum atomic E-state index is 4.23. The van der Waals surface area contributed by atoms with Crippen molar-refractivity contribution in [2.24, 2.45) is 0 Å². The zero-order valence-electron chi connectivity index (χ0n) is 10.1. The molecule has 3 nitrogen and oxygen atoms in total. The highest BCUT2D eigenvalue weighted by atomic mass is 15.4. The Labute approximate surface area is 101 Å². The molecule has 0 fully saturated rings. The number of hydrogen-bond donors (Lipinski definition) is 0. The highest BCUT2D eigenvalue weighted by Crippen LogP contribution is 2.39. The van der Waals surface area contributed by atoms with Crippen LogP contribution in [0.2, 0.25) is 0 Å². The van der Waals surface area contributed by atoms with Crippen LogP contribution in [0.4, 0.5) is 17.1 Å². The Balaban J connectivity index is 2.11. The summed E-state index contributed by atoms with van der Waals surface area (Å²) in [6, 6.07) is 10.5. The van der Waals surface area contributed by atoms with Gasteiger partial charge in [0.15, 0.2) is 0 Å². The Morgan fingerprint density at radius 1 is 1.06 bits per heavy atom. The zero-order chi connectivity index (χ0) is 11.8. The van der Waals surface area contributed by atoms with Crippen LogP contribution in [-0.4, -0.2) is 18.7 Å². The Bertz CT molecular complexity index is 551. The van der Waals surface area contributed by atoms with E-state index in [1.165, 1.54) is 22.6 Å². The van der Waals surface area contributed by atoms with Crippen LogP contribution in [0.25, 0.3) is 0 Å². The number of aromatic nitrogens is 1. The van der Waals surface area contributed by atoms with Crippen molar-refractivity contribution >= 4 is 17.1 Å². The third-order valence-corrected chi connectivity index (χ3v) is 3.24. The number of anilines is 3. The number of pyridine rings is 1. The van der Waals surface area contributed by atoms with E-state index in [-0.39, 0.29) is 0 Å². The molecule has 0 aliphatic carbocycles. The lowest BCUT2D eigenvalue weighted by Crippen LogP contribution is -2.24. The molecule has 1 aliphatic rings. The molecular weight excluding hydrogens is 210 g/mol. The van der Waals surface area contributed by atoms with Crippen molar-refractivity contribution in [3.63, 3.8) is 0 Å². The van der Waals surface area contributed by atoms with Gasteiger partial charge in [-0.2, -0.15) is 0 Å². The van der Waals surface area contributed by atoms with Crippen LogP contribution in [0.3, 0.4) is 0 Å². The molecule has 1 aromatic carbocycles. The highest BCUT2D eigenvalue weighted by Gasteiger charge is 2.24. The molecule has 0 bridgehead atoms. The van der Waals surface area contributed by atoms with E-state index in [0.717, 1.165) is 6.67 Å². The molecule has 0 spiro atoms. The number of para-hydroxylation sites is 2. The lowest BCUT2D eigenvalue weighted by Gasteiger charge is -2.20. The molecule has 3 rings (SSSR count). The molecule has 0 saturated heterocycles. The molecule has 0 N–H and O–H groups in total. The number of hydrogen-bond acceptors (Lipinski definition) is 3. The van der Waals surface area contributed by atoms with Crippen molar-refractivity contribution in [1.82, 2.24) is 4.98 Å². The van der Waals surface area contributed by atoms with Crippen LogP contribution in [0, 0.1) is 6.92 Å². The Morgan fingerprint density at radius 3 is 2.59 bits per heavy atom. The van der Waals surface area contributed by atoms with Gasteiger partial charge in [0.05, 0.1) is 29.9 Å². The normalized spacial score (nSPS) is 14.0. The fourth-order valence-corrected chi connectivity index (χ4v) is 2.32. The summed E-state index contributed by atoms with van der Waals surface area (Å²) in [7, 11) is 2.12. The first-order chi connectivity index (χ1) is 8.27. The average Bonchev–Trinajstić information content (AvgIpc) is 2.68. The minimum atomic E-state index is 0.881. The first-order valence-electron chi connectivity index (χ1n) is 5.75. The van der Waals surface area contributed by atoms with E-state index in [4.69, 9.17) is 0 Å². The Morgan fingerprint density at radius 2 is 1.82 bits per heavy atom. The lowest BCUT2D eigenvalue weighted by atomic mass is 10.2. The maximum absolute atomic E-state index is 4.23. The quantitative estimate of drug-likeness (QED) is 0.744. The van der Waals surface area contributed by atoms with Gasteiger partial charge in [0, 0.05) is 13.2 Å². The second-order valence-electron chi connectivity index (χ2n) is 4.42. The lowest BCUT2D eigenvalue weighted by molar-refractivity contribution is 0.942. The molecule has 3 heteroatoms. The number of nitrogens with zero attached hydrogens (tertiary/aromatic N) is 3. The Hall–Kier alpha value is -2.03. The third-order valence-electron chi connectivity index (χ3n) is 3.24. The van der Waals surface area contributed by atoms with Crippen LogP contribution < -0.4 is 9.80 Å². The van der Waals surface area contributed by atoms with Gasteiger partial charge in [-0.25, -0.2) is 0 Å². The van der Waals surface area contributed by atoms with Crippen molar-refractivity contribution in [3.8, 4) is 0 Å². The van der Waals surface area contributed by atoms with Crippen LogP contribution >= 0.6 is 0 Å². The van der Waals surface area contributed by atoms with Crippen LogP contribution in [0.15, 0.2) is 42.7 Å². The van der Waals surface area contributed by atoms with Gasteiger partial charge in [0.2, 0.25) is 0 Å². The van der Waals surface area contributed by atoms with Gasteiger partial charge >= 0.3 is 0 Å². The Kier molecular flexibility index (Phi) is 2.25. The molecule has 1 aliphatic heterocycles. The fourth-order valence-electron chi connectivity index (χ4n) is 2.32. The van der Waals surface area contributed by atoms with E-state index < -0.39 is 0 Å². The molecule has 0 radical (unpaired) electrons. The summed E-state index contributed by atoms with van der Waals surface area (Å²) < 4.78 is 0. The number of benzene rings is 1. The molecule has 17 heavy (non-hydrogen) atoms. The summed E-state index contributed by atoms with van der Waals surface area (Å²) in [6.45, 7) is 3.00. The number of rotatable bonds is 1. The van der Waals surface area contributed by atoms with Gasteiger partial charge in [0.25, 0.3) is 0 Å². The monoisotopic (exact) mass is 225 g/mol. The van der Waals surface area contributed by atoms with Crippen LogP contribution in [-0.2, 0) is 0 Å². The van der Waals surface area contributed by atoms with Crippen molar-refractivity contribution in [1.29, 1.82) is 0 Å². The van der Waals surface area contributed by atoms with Crippen molar-refractivity contribution < 1.29 is 0 Å². The summed E-state index contributed by atoms with van der Waals surface area (Å²) in [5.41, 5.74) is 4.97. The molecule has 0 amide bonds. The van der Waals surface area contributed by atoms with Gasteiger partial charge in [-0.3, -0.25) is 4.98 Å². The minimum Gasteiger partial charge on any atom is -0.355 e. The first-order valence-corrected chi connectivity index (χ1v) is 5.75. The highest BCUT2D eigenvalue weighted by molar-refractivity contribution is 5.82. The van der Waals surface area contributed by atoms with Gasteiger partial charge in [-0.15, -0.1) is 0 Å². The first kappa shape index (κ1) is 10.1. The van der Waals surface area contributed by atoms with E-state index in [0.29, 0.717) is 0 Å². The molecule has 2 aromatic rings. The molecule has 86 valence electrons. The van der Waals surface area contributed by atoms with Gasteiger partial charge in [-0.1, -0.05) is 12.1 Å². The average molecular weight is 225 g/mol. The van der Waals surface area contributed by atoms with Crippen molar-refractivity contribution in [3.05, 3.63) is 48.3 Å². The van der Waals surface area contributed by atoms with E-state index in [9.17, 15) is 0 Å². The topological polar surface area (TPSA) is 19.4 Å². The largest absolute Gasteiger partial charge is 0.355 e. The summed E-state index contributed by atoms with van der Waals surface area (Å²) in [5.74, 6) is 0. The van der Waals surface area contributed by atoms with Crippen LogP contribution in [0.5, 0.6) is 0 Å². The van der Waals surface area contributed by atoms with E-state index in [2.05, 4.69) is 59.1 Å². The van der Waals surface area contributed by atoms with Gasteiger partial charge in [-0.05, 0) is 30.7 Å². The molecule has 1 aromatic heterocycles. The third kappa shape index (κ3) is 1.55. The van der Waals surface area contributed by atoms with E-state index in [1.54, 1.807) is 0 Å². The number of aryl methyl sites for hydroxylation is 1. The standard InChI is InChI=1S/C14H15N3/c1-11-7-8-15-9-14(11)17-10-16(2)12-5-3-4-6-13(12)17/h3-9H,10H2,1-2H3. The van der Waals surface area contributed by atoms with E-state index >= 15 is 0 Å². The maximum Gasteiger partial charge on any atom is 0.0950 e.